The Hall–Kier alpha value is -1.39. The largest absolute Gasteiger partial charge is 0.396 e. The summed E-state index contributed by atoms with van der Waals surface area (Å²) in [7, 11) is 0. The maximum absolute atomic E-state index is 11.9. The summed E-state index contributed by atoms with van der Waals surface area (Å²) in [5.41, 5.74) is 7.10. The molecule has 0 aliphatic rings. The molecule has 0 fully saturated rings. The summed E-state index contributed by atoms with van der Waals surface area (Å²) in [4.78, 5) is 11.9. The van der Waals surface area contributed by atoms with E-state index in [4.69, 9.17) is 10.8 Å². The molecule has 0 aromatic heterocycles. The van der Waals surface area contributed by atoms with Crippen LogP contribution in [0.15, 0.2) is 30.3 Å². The summed E-state index contributed by atoms with van der Waals surface area (Å²) >= 11 is 0. The highest BCUT2D eigenvalue weighted by Gasteiger charge is 2.14. The van der Waals surface area contributed by atoms with Crippen LogP contribution in [0, 0.1) is 5.92 Å². The molecule has 112 valence electrons. The molecule has 1 rings (SSSR count). The van der Waals surface area contributed by atoms with Crippen molar-refractivity contribution in [3.8, 4) is 0 Å². The molecule has 1 amide bonds. The standard InChI is InChI=1S/C16H26N2O2/c1-2-13(10-11-19)12-18-16(20)15(17)9-8-14-6-4-3-5-7-14/h3-7,13,15,19H,2,8-12,17H2,1H3,(H,18,20)/t13?,15-/m0/s1. The zero-order chi connectivity index (χ0) is 14.8. The monoisotopic (exact) mass is 278 g/mol. The molecule has 0 saturated carbocycles. The number of nitrogens with one attached hydrogen (secondary N) is 1. The lowest BCUT2D eigenvalue weighted by Crippen LogP contribution is -2.42. The molecule has 1 unspecified atom stereocenters. The molecule has 20 heavy (non-hydrogen) atoms. The molecule has 0 saturated heterocycles. The van der Waals surface area contributed by atoms with Gasteiger partial charge in [-0.05, 0) is 30.7 Å². The van der Waals surface area contributed by atoms with Gasteiger partial charge in [-0.1, -0.05) is 43.7 Å². The van der Waals surface area contributed by atoms with Gasteiger partial charge in [-0.25, -0.2) is 0 Å². The van der Waals surface area contributed by atoms with Gasteiger partial charge in [-0.15, -0.1) is 0 Å². The Balaban J connectivity index is 2.28. The normalized spacial score (nSPS) is 13.8. The van der Waals surface area contributed by atoms with Crippen molar-refractivity contribution in [3.63, 3.8) is 0 Å². The topological polar surface area (TPSA) is 75.3 Å². The number of aliphatic hydroxyl groups is 1. The minimum Gasteiger partial charge on any atom is -0.396 e. The Kier molecular flexibility index (Phi) is 7.92. The van der Waals surface area contributed by atoms with Crippen molar-refractivity contribution in [1.29, 1.82) is 0 Å². The third-order valence-corrected chi connectivity index (χ3v) is 3.60. The van der Waals surface area contributed by atoms with Crippen LogP contribution < -0.4 is 11.1 Å². The second-order valence-corrected chi connectivity index (χ2v) is 5.16. The van der Waals surface area contributed by atoms with E-state index < -0.39 is 6.04 Å². The minimum absolute atomic E-state index is 0.0997. The highest BCUT2D eigenvalue weighted by Crippen LogP contribution is 2.07. The quantitative estimate of drug-likeness (QED) is 0.640. The summed E-state index contributed by atoms with van der Waals surface area (Å²) in [5, 5.41) is 11.8. The second kappa shape index (κ2) is 9.50. The first-order valence-corrected chi connectivity index (χ1v) is 7.35. The molecule has 0 bridgehead atoms. The van der Waals surface area contributed by atoms with E-state index >= 15 is 0 Å². The first-order valence-electron chi connectivity index (χ1n) is 7.35. The van der Waals surface area contributed by atoms with Gasteiger partial charge in [0, 0.05) is 13.2 Å². The van der Waals surface area contributed by atoms with Crippen molar-refractivity contribution < 1.29 is 9.90 Å². The molecule has 0 radical (unpaired) electrons. The number of hydrogen-bond donors (Lipinski definition) is 3. The van der Waals surface area contributed by atoms with Gasteiger partial charge in [0.2, 0.25) is 5.91 Å². The van der Waals surface area contributed by atoms with Crippen molar-refractivity contribution in [2.24, 2.45) is 11.7 Å². The van der Waals surface area contributed by atoms with Crippen molar-refractivity contribution >= 4 is 5.91 Å². The van der Waals surface area contributed by atoms with Gasteiger partial charge in [0.05, 0.1) is 6.04 Å². The van der Waals surface area contributed by atoms with Gasteiger partial charge in [-0.3, -0.25) is 4.79 Å². The molecule has 2 atom stereocenters. The third kappa shape index (κ3) is 6.17. The fraction of sp³-hybridized carbons (Fsp3) is 0.562. The number of carbonyl (C=O) groups is 1. The summed E-state index contributed by atoms with van der Waals surface area (Å²) in [5.74, 6) is 0.225. The van der Waals surface area contributed by atoms with Crippen LogP contribution >= 0.6 is 0 Å². The predicted octanol–water partition coefficient (Wildman–Crippen LogP) is 1.47. The summed E-state index contributed by atoms with van der Waals surface area (Å²) < 4.78 is 0. The number of hydrogen-bond acceptors (Lipinski definition) is 3. The fourth-order valence-corrected chi connectivity index (χ4v) is 2.11. The number of nitrogens with two attached hydrogens (primary N) is 1. The maximum atomic E-state index is 11.9. The molecule has 0 heterocycles. The smallest absolute Gasteiger partial charge is 0.236 e. The molecule has 4 heteroatoms. The van der Waals surface area contributed by atoms with Crippen LogP contribution in [0.25, 0.3) is 0 Å². The van der Waals surface area contributed by atoms with Gasteiger partial charge in [0.1, 0.15) is 0 Å². The molecule has 1 aromatic carbocycles. The SMILES string of the molecule is CCC(CCO)CNC(=O)[C@@H](N)CCc1ccccc1. The molecular formula is C16H26N2O2. The van der Waals surface area contributed by atoms with Crippen LogP contribution in [0.3, 0.4) is 0 Å². The maximum Gasteiger partial charge on any atom is 0.236 e. The molecule has 0 aliphatic heterocycles. The Morgan fingerprint density at radius 1 is 1.30 bits per heavy atom. The number of rotatable bonds is 9. The average molecular weight is 278 g/mol. The molecule has 4 nitrogen and oxygen atoms in total. The number of amides is 1. The van der Waals surface area contributed by atoms with Gasteiger partial charge in [0.25, 0.3) is 0 Å². The van der Waals surface area contributed by atoms with Crippen LogP contribution in [-0.2, 0) is 11.2 Å². The van der Waals surface area contributed by atoms with E-state index in [1.807, 2.05) is 30.3 Å². The lowest BCUT2D eigenvalue weighted by atomic mass is 10.0. The average Bonchev–Trinajstić information content (AvgIpc) is 2.49. The van der Waals surface area contributed by atoms with E-state index in [1.165, 1.54) is 5.56 Å². The van der Waals surface area contributed by atoms with Crippen LogP contribution in [0.4, 0.5) is 0 Å². The second-order valence-electron chi connectivity index (χ2n) is 5.16. The number of aliphatic hydroxyl groups excluding tert-OH is 1. The lowest BCUT2D eigenvalue weighted by molar-refractivity contribution is -0.122. The van der Waals surface area contributed by atoms with Crippen molar-refractivity contribution in [1.82, 2.24) is 5.32 Å². The Labute approximate surface area is 121 Å². The van der Waals surface area contributed by atoms with E-state index in [1.54, 1.807) is 0 Å². The lowest BCUT2D eigenvalue weighted by Gasteiger charge is -2.17. The molecule has 1 aromatic rings. The van der Waals surface area contributed by atoms with E-state index in [2.05, 4.69) is 12.2 Å². The van der Waals surface area contributed by atoms with Gasteiger partial charge < -0.3 is 16.2 Å². The van der Waals surface area contributed by atoms with Crippen molar-refractivity contribution in [3.05, 3.63) is 35.9 Å². The summed E-state index contributed by atoms with van der Waals surface area (Å²) in [6.07, 6.45) is 3.12. The van der Waals surface area contributed by atoms with Crippen molar-refractivity contribution in [2.75, 3.05) is 13.2 Å². The van der Waals surface area contributed by atoms with Crippen molar-refractivity contribution in [2.45, 2.75) is 38.6 Å². The summed E-state index contributed by atoms with van der Waals surface area (Å²) in [6.45, 7) is 2.81. The Bertz CT molecular complexity index is 381. The Morgan fingerprint density at radius 2 is 2.00 bits per heavy atom. The van der Waals surface area contributed by atoms with Gasteiger partial charge in [-0.2, -0.15) is 0 Å². The summed E-state index contributed by atoms with van der Waals surface area (Å²) in [6, 6.07) is 9.56. The van der Waals surface area contributed by atoms with Crippen LogP contribution in [0.1, 0.15) is 31.7 Å². The molecular weight excluding hydrogens is 252 g/mol. The van der Waals surface area contributed by atoms with E-state index in [0.29, 0.717) is 18.9 Å². The number of benzene rings is 1. The number of aryl methyl sites for hydroxylation is 1. The van der Waals surface area contributed by atoms with E-state index in [-0.39, 0.29) is 12.5 Å². The highest BCUT2D eigenvalue weighted by atomic mass is 16.3. The zero-order valence-electron chi connectivity index (χ0n) is 12.2. The third-order valence-electron chi connectivity index (χ3n) is 3.60. The van der Waals surface area contributed by atoms with Gasteiger partial charge >= 0.3 is 0 Å². The van der Waals surface area contributed by atoms with E-state index in [0.717, 1.165) is 19.3 Å². The predicted molar refractivity (Wildman–Crippen MR) is 81.2 cm³/mol. The number of carbonyl (C=O) groups excluding carboxylic acids is 1. The molecule has 0 aliphatic carbocycles. The molecule has 4 N–H and O–H groups in total. The zero-order valence-corrected chi connectivity index (χ0v) is 12.2. The molecule has 0 spiro atoms. The van der Waals surface area contributed by atoms with E-state index in [9.17, 15) is 4.79 Å². The Morgan fingerprint density at radius 3 is 2.60 bits per heavy atom. The van der Waals surface area contributed by atoms with Crippen LogP contribution in [0.2, 0.25) is 0 Å². The minimum atomic E-state index is -0.471. The fourth-order valence-electron chi connectivity index (χ4n) is 2.11. The first-order chi connectivity index (χ1) is 9.67. The van der Waals surface area contributed by atoms with Crippen LogP contribution in [0.5, 0.6) is 0 Å². The van der Waals surface area contributed by atoms with Crippen LogP contribution in [-0.4, -0.2) is 30.2 Å². The first kappa shape index (κ1) is 16.7. The van der Waals surface area contributed by atoms with Gasteiger partial charge in [0.15, 0.2) is 0 Å². The highest BCUT2D eigenvalue weighted by molar-refractivity contribution is 5.81.